The standard InChI is InChI=1S/C28H19Cl3N4O3/c1-37-28-12-18(26(36)8-3-17-2-5-19(29)13-23(17)31)4-9-27(28)38-16-21-15-35(34-33-21)25-10-11-32-24-14-20(30)6-7-22(24)25/h2-15H,16H2,1H3/b8-3+. The van der Waals surface area contributed by atoms with Gasteiger partial charge in [0.25, 0.3) is 0 Å². The lowest BCUT2D eigenvalue weighted by Crippen LogP contribution is -2.01. The molecule has 0 unspecified atom stereocenters. The highest BCUT2D eigenvalue weighted by Crippen LogP contribution is 2.30. The Balaban J connectivity index is 1.29. The second-order valence-electron chi connectivity index (χ2n) is 8.16. The summed E-state index contributed by atoms with van der Waals surface area (Å²) in [6.07, 6.45) is 6.56. The number of rotatable bonds is 8. The van der Waals surface area contributed by atoms with E-state index in [-0.39, 0.29) is 12.4 Å². The zero-order chi connectivity index (χ0) is 26.6. The maximum absolute atomic E-state index is 12.7. The first-order valence-corrected chi connectivity index (χ1v) is 12.5. The minimum absolute atomic E-state index is 0.146. The Hall–Kier alpha value is -3.91. The third-order valence-corrected chi connectivity index (χ3v) is 6.47. The van der Waals surface area contributed by atoms with Gasteiger partial charge in [-0.15, -0.1) is 5.10 Å². The summed E-state index contributed by atoms with van der Waals surface area (Å²) in [5.74, 6) is 0.667. The Bertz CT molecular complexity index is 1680. The lowest BCUT2D eigenvalue weighted by atomic mass is 10.1. The summed E-state index contributed by atoms with van der Waals surface area (Å²) in [5.41, 5.74) is 3.31. The van der Waals surface area contributed by atoms with Crippen LogP contribution in [0.15, 0.2) is 79.1 Å². The predicted molar refractivity (Wildman–Crippen MR) is 149 cm³/mol. The fourth-order valence-corrected chi connectivity index (χ4v) is 4.42. The van der Waals surface area contributed by atoms with Gasteiger partial charge in [0.05, 0.1) is 24.5 Å². The van der Waals surface area contributed by atoms with Gasteiger partial charge in [-0.25, -0.2) is 4.68 Å². The average molecular weight is 566 g/mol. The summed E-state index contributed by atoms with van der Waals surface area (Å²) in [6.45, 7) is 0.146. The maximum atomic E-state index is 12.7. The first-order valence-electron chi connectivity index (χ1n) is 11.4. The molecule has 5 rings (SSSR count). The number of ether oxygens (including phenoxy) is 2. The second-order valence-corrected chi connectivity index (χ2v) is 9.44. The number of pyridine rings is 1. The molecule has 2 aromatic heterocycles. The van der Waals surface area contributed by atoms with E-state index in [2.05, 4.69) is 15.3 Å². The van der Waals surface area contributed by atoms with E-state index in [0.717, 1.165) is 16.6 Å². The van der Waals surface area contributed by atoms with Crippen molar-refractivity contribution in [3.05, 3.63) is 111 Å². The Morgan fingerprint density at radius 3 is 2.61 bits per heavy atom. The van der Waals surface area contributed by atoms with Crippen molar-refractivity contribution in [2.45, 2.75) is 6.61 Å². The molecule has 0 saturated carbocycles. The third-order valence-electron chi connectivity index (χ3n) is 5.67. The van der Waals surface area contributed by atoms with Crippen LogP contribution in [0.4, 0.5) is 0 Å². The van der Waals surface area contributed by atoms with Gasteiger partial charge in [-0.3, -0.25) is 9.78 Å². The molecule has 5 aromatic rings. The van der Waals surface area contributed by atoms with Gasteiger partial charge in [0.15, 0.2) is 17.3 Å². The number of ketones is 1. The topological polar surface area (TPSA) is 79.1 Å². The number of carbonyl (C=O) groups is 1. The van der Waals surface area contributed by atoms with E-state index in [0.29, 0.717) is 43.4 Å². The number of hydrogen-bond donors (Lipinski definition) is 0. The number of halogens is 3. The van der Waals surface area contributed by atoms with Gasteiger partial charge in [-0.1, -0.05) is 46.1 Å². The zero-order valence-corrected chi connectivity index (χ0v) is 22.2. The van der Waals surface area contributed by atoms with Crippen molar-refractivity contribution in [2.24, 2.45) is 0 Å². The fraction of sp³-hybridized carbons (Fsp3) is 0.0714. The van der Waals surface area contributed by atoms with E-state index in [1.54, 1.807) is 71.7 Å². The van der Waals surface area contributed by atoms with Crippen LogP contribution in [0.5, 0.6) is 11.5 Å². The van der Waals surface area contributed by atoms with E-state index in [1.807, 2.05) is 12.1 Å². The molecule has 0 atom stereocenters. The lowest BCUT2D eigenvalue weighted by molar-refractivity contribution is 0.104. The molecule has 190 valence electrons. The minimum atomic E-state index is -0.213. The maximum Gasteiger partial charge on any atom is 0.185 e. The highest BCUT2D eigenvalue weighted by atomic mass is 35.5. The van der Waals surface area contributed by atoms with Crippen molar-refractivity contribution in [2.75, 3.05) is 7.11 Å². The molecule has 7 nitrogen and oxygen atoms in total. The number of aromatic nitrogens is 4. The van der Waals surface area contributed by atoms with Crippen LogP contribution in [0, 0.1) is 0 Å². The lowest BCUT2D eigenvalue weighted by Gasteiger charge is -2.10. The molecule has 2 heterocycles. The highest BCUT2D eigenvalue weighted by molar-refractivity contribution is 6.35. The summed E-state index contributed by atoms with van der Waals surface area (Å²) in [7, 11) is 1.51. The van der Waals surface area contributed by atoms with Crippen LogP contribution in [0.3, 0.4) is 0 Å². The van der Waals surface area contributed by atoms with E-state index in [1.165, 1.54) is 13.2 Å². The Morgan fingerprint density at radius 1 is 0.974 bits per heavy atom. The van der Waals surface area contributed by atoms with Crippen LogP contribution in [-0.2, 0) is 6.61 Å². The number of carbonyl (C=O) groups excluding carboxylic acids is 1. The molecule has 0 bridgehead atoms. The van der Waals surface area contributed by atoms with Crippen LogP contribution in [0.25, 0.3) is 22.7 Å². The number of allylic oxidation sites excluding steroid dienone is 1. The van der Waals surface area contributed by atoms with E-state index >= 15 is 0 Å². The second kappa shape index (κ2) is 11.2. The summed E-state index contributed by atoms with van der Waals surface area (Å²) >= 11 is 18.2. The smallest absolute Gasteiger partial charge is 0.185 e. The molecule has 0 spiro atoms. The Morgan fingerprint density at radius 2 is 1.79 bits per heavy atom. The molecule has 0 aliphatic heterocycles. The first-order chi connectivity index (χ1) is 18.4. The minimum Gasteiger partial charge on any atom is -0.493 e. The molecule has 0 aliphatic carbocycles. The van der Waals surface area contributed by atoms with E-state index in [9.17, 15) is 4.79 Å². The van der Waals surface area contributed by atoms with Gasteiger partial charge in [0.2, 0.25) is 0 Å². The average Bonchev–Trinajstić information content (AvgIpc) is 3.39. The molecule has 38 heavy (non-hydrogen) atoms. The largest absolute Gasteiger partial charge is 0.493 e. The fourth-order valence-electron chi connectivity index (χ4n) is 3.78. The van der Waals surface area contributed by atoms with Crippen LogP contribution in [0.2, 0.25) is 15.1 Å². The number of fused-ring (bicyclic) bond motifs is 1. The monoisotopic (exact) mass is 564 g/mol. The van der Waals surface area contributed by atoms with Crippen molar-refractivity contribution in [3.63, 3.8) is 0 Å². The van der Waals surface area contributed by atoms with E-state index < -0.39 is 0 Å². The molecular formula is C28H19Cl3N4O3. The van der Waals surface area contributed by atoms with Crippen LogP contribution in [0.1, 0.15) is 21.6 Å². The Labute approximate surface area is 233 Å². The van der Waals surface area contributed by atoms with Crippen molar-refractivity contribution in [1.82, 2.24) is 20.0 Å². The van der Waals surface area contributed by atoms with Crippen molar-refractivity contribution in [1.29, 1.82) is 0 Å². The molecule has 0 aliphatic rings. The number of hydrogen-bond acceptors (Lipinski definition) is 6. The number of nitrogens with zero attached hydrogens (tertiary/aromatic N) is 4. The van der Waals surface area contributed by atoms with Crippen LogP contribution >= 0.6 is 34.8 Å². The van der Waals surface area contributed by atoms with Crippen molar-refractivity contribution in [3.8, 4) is 17.2 Å². The van der Waals surface area contributed by atoms with Gasteiger partial charge < -0.3 is 9.47 Å². The highest BCUT2D eigenvalue weighted by Gasteiger charge is 2.12. The van der Waals surface area contributed by atoms with Gasteiger partial charge in [-0.05, 0) is 72.3 Å². The molecule has 3 aromatic carbocycles. The van der Waals surface area contributed by atoms with E-state index in [4.69, 9.17) is 44.3 Å². The molecule has 0 fully saturated rings. The predicted octanol–water partition coefficient (Wildman–Crippen LogP) is 7.26. The Kier molecular flexibility index (Phi) is 7.60. The van der Waals surface area contributed by atoms with Crippen molar-refractivity contribution >= 4 is 57.6 Å². The third kappa shape index (κ3) is 5.65. The van der Waals surface area contributed by atoms with Gasteiger partial charge in [0, 0.05) is 32.2 Å². The quantitative estimate of drug-likeness (QED) is 0.146. The number of methoxy groups -OCH3 is 1. The summed E-state index contributed by atoms with van der Waals surface area (Å²) in [6, 6.07) is 17.4. The van der Waals surface area contributed by atoms with Gasteiger partial charge >= 0.3 is 0 Å². The van der Waals surface area contributed by atoms with Gasteiger partial charge in [-0.2, -0.15) is 0 Å². The molecule has 0 saturated heterocycles. The zero-order valence-electron chi connectivity index (χ0n) is 19.9. The molecule has 10 heteroatoms. The molecule has 0 N–H and O–H groups in total. The molecule has 0 radical (unpaired) electrons. The summed E-state index contributed by atoms with van der Waals surface area (Å²) < 4.78 is 13.0. The molecule has 0 amide bonds. The molecular weight excluding hydrogens is 547 g/mol. The number of benzene rings is 3. The van der Waals surface area contributed by atoms with Gasteiger partial charge in [0.1, 0.15) is 12.3 Å². The van der Waals surface area contributed by atoms with Crippen molar-refractivity contribution < 1.29 is 14.3 Å². The first kappa shape index (κ1) is 25.7. The normalized spacial score (nSPS) is 11.3. The van der Waals surface area contributed by atoms with Crippen LogP contribution in [-0.4, -0.2) is 32.9 Å². The SMILES string of the molecule is COc1cc(C(=O)/C=C/c2ccc(Cl)cc2Cl)ccc1OCc1cn(-c2ccnc3cc(Cl)ccc23)nn1. The summed E-state index contributed by atoms with van der Waals surface area (Å²) in [5, 5.41) is 10.9. The summed E-state index contributed by atoms with van der Waals surface area (Å²) in [4.78, 5) is 17.1. The van der Waals surface area contributed by atoms with Crippen LogP contribution < -0.4 is 9.47 Å².